The average Bonchev–Trinajstić information content (AvgIpc) is 3.12. The number of aromatic nitrogens is 1. The summed E-state index contributed by atoms with van der Waals surface area (Å²) in [5.41, 5.74) is 2.69. The van der Waals surface area contributed by atoms with Crippen LogP contribution >= 0.6 is 0 Å². The molecule has 2 heterocycles. The van der Waals surface area contributed by atoms with Gasteiger partial charge in [0.25, 0.3) is 0 Å². The van der Waals surface area contributed by atoms with Crippen LogP contribution in [0.1, 0.15) is 41.6 Å². The molecule has 4 aromatic carbocycles. The first kappa shape index (κ1) is 36.0. The predicted molar refractivity (Wildman–Crippen MR) is 189 cm³/mol. The minimum Gasteiger partial charge on any atom is -0.337 e. The van der Waals surface area contributed by atoms with Crippen LogP contribution in [0.2, 0.25) is 0 Å². The Labute approximate surface area is 293 Å². The monoisotopic (exact) mass is 701 g/mol. The molecule has 6 rings (SSSR count). The molecule has 0 spiro atoms. The number of para-hydroxylation sites is 1. The van der Waals surface area contributed by atoms with E-state index >= 15 is 0 Å². The second kappa shape index (κ2) is 15.6. The van der Waals surface area contributed by atoms with Crippen LogP contribution in [0.15, 0.2) is 102 Å². The van der Waals surface area contributed by atoms with Gasteiger partial charge in [-0.25, -0.2) is 8.78 Å². The van der Waals surface area contributed by atoms with E-state index in [1.807, 2.05) is 33.7 Å². The zero-order valence-electron chi connectivity index (χ0n) is 28.4. The largest absolute Gasteiger partial charge is 0.416 e. The molecule has 1 aromatic heterocycles. The number of alkyl halides is 3. The molecule has 0 unspecified atom stereocenters. The summed E-state index contributed by atoms with van der Waals surface area (Å²) >= 11 is 0. The summed E-state index contributed by atoms with van der Waals surface area (Å²) in [7, 11) is 2.11. The van der Waals surface area contributed by atoms with Crippen LogP contribution in [0.4, 0.5) is 22.0 Å². The molecule has 1 fully saturated rings. The first-order chi connectivity index (χ1) is 24.5. The van der Waals surface area contributed by atoms with Crippen LogP contribution in [-0.4, -0.2) is 47.0 Å². The zero-order chi connectivity index (χ0) is 36.1. The smallest absolute Gasteiger partial charge is 0.337 e. The molecular formula is C41H40F5N3O2. The summed E-state index contributed by atoms with van der Waals surface area (Å²) < 4.78 is 69.6. The second-order valence-electron chi connectivity index (χ2n) is 13.4. The summed E-state index contributed by atoms with van der Waals surface area (Å²) in [6, 6.07) is 25.1. The molecule has 266 valence electrons. The molecule has 5 aromatic rings. The van der Waals surface area contributed by atoms with Crippen LogP contribution in [0, 0.1) is 17.6 Å². The van der Waals surface area contributed by atoms with E-state index in [0.717, 1.165) is 61.7 Å². The van der Waals surface area contributed by atoms with E-state index in [1.165, 1.54) is 30.3 Å². The first-order valence-corrected chi connectivity index (χ1v) is 17.2. The number of hydrogen-bond acceptors (Lipinski definition) is 3. The van der Waals surface area contributed by atoms with E-state index in [1.54, 1.807) is 24.3 Å². The Morgan fingerprint density at radius 1 is 0.843 bits per heavy atom. The number of hydrogen-bond donors (Lipinski definition) is 0. The molecule has 0 atom stereocenters. The number of fused-ring (bicyclic) bond motifs is 1. The Hall–Kier alpha value is -4.83. The highest BCUT2D eigenvalue weighted by molar-refractivity contribution is 5.83. The Morgan fingerprint density at radius 2 is 1.51 bits per heavy atom. The third kappa shape index (κ3) is 8.73. The number of pyridine rings is 1. The molecule has 0 aliphatic carbocycles. The van der Waals surface area contributed by atoms with E-state index in [0.29, 0.717) is 41.2 Å². The van der Waals surface area contributed by atoms with Gasteiger partial charge in [0, 0.05) is 30.2 Å². The van der Waals surface area contributed by atoms with Crippen LogP contribution in [0.5, 0.6) is 0 Å². The molecular weight excluding hydrogens is 661 g/mol. The fraction of sp³-hybridized carbons (Fsp3) is 0.317. The van der Waals surface area contributed by atoms with Gasteiger partial charge in [0.1, 0.15) is 6.54 Å². The lowest BCUT2D eigenvalue weighted by molar-refractivity contribution is -0.137. The number of likely N-dealkylation sites (tertiary alicyclic amines) is 1. The van der Waals surface area contributed by atoms with Gasteiger partial charge in [-0.05, 0) is 111 Å². The summed E-state index contributed by atoms with van der Waals surface area (Å²) in [4.78, 5) is 31.6. The highest BCUT2D eigenvalue weighted by atomic mass is 19.4. The standard InChI is InChI=1S/C41H40F5N3O2/c1-47-22-19-28(20-23-47)21-24-48(26-29-9-11-30(12-10-29)31-13-16-33(17-14-31)41(44,45)46)39(51)27-49-34(18-15-32-5-4-7-36(42)40(32)43)25-38(50)35-6-2-3-8-37(35)49/h2-14,16-17,25,28H,15,18-24,26-27H2,1H3. The fourth-order valence-corrected chi connectivity index (χ4v) is 6.87. The fourth-order valence-electron chi connectivity index (χ4n) is 6.87. The number of aryl methyl sites for hydroxylation is 2. The number of piperidine rings is 1. The van der Waals surface area contributed by atoms with Crippen molar-refractivity contribution in [3.8, 4) is 11.1 Å². The predicted octanol–water partition coefficient (Wildman–Crippen LogP) is 8.51. The van der Waals surface area contributed by atoms with Crippen LogP contribution < -0.4 is 5.43 Å². The second-order valence-corrected chi connectivity index (χ2v) is 13.4. The van der Waals surface area contributed by atoms with Gasteiger partial charge in [-0.1, -0.05) is 60.7 Å². The minimum atomic E-state index is -4.41. The number of rotatable bonds is 11. The molecule has 1 amide bonds. The average molecular weight is 702 g/mol. The Kier molecular flexibility index (Phi) is 11.0. The number of amides is 1. The Balaban J connectivity index is 1.26. The van der Waals surface area contributed by atoms with Crippen molar-refractivity contribution in [3.05, 3.63) is 141 Å². The van der Waals surface area contributed by atoms with Crippen molar-refractivity contribution < 1.29 is 26.7 Å². The van der Waals surface area contributed by atoms with Gasteiger partial charge in [0.15, 0.2) is 17.1 Å². The SMILES string of the molecule is CN1CCC(CCN(Cc2ccc(-c3ccc(C(F)(F)F)cc3)cc2)C(=O)Cn2c(CCc3cccc(F)c3F)cc(=O)c3ccccc32)CC1. The van der Waals surface area contributed by atoms with Crippen molar-refractivity contribution in [2.45, 2.75) is 51.4 Å². The number of carbonyl (C=O) groups is 1. The van der Waals surface area contributed by atoms with Crippen molar-refractivity contribution >= 4 is 16.8 Å². The van der Waals surface area contributed by atoms with Gasteiger partial charge >= 0.3 is 6.18 Å². The van der Waals surface area contributed by atoms with Gasteiger partial charge in [-0.3, -0.25) is 9.59 Å². The third-order valence-corrected chi connectivity index (χ3v) is 9.95. The van der Waals surface area contributed by atoms with Crippen LogP contribution in [-0.2, 0) is 36.9 Å². The van der Waals surface area contributed by atoms with Gasteiger partial charge in [0.05, 0.1) is 11.1 Å². The van der Waals surface area contributed by atoms with E-state index in [9.17, 15) is 31.5 Å². The Bertz CT molecular complexity index is 2030. The third-order valence-electron chi connectivity index (χ3n) is 9.95. The lowest BCUT2D eigenvalue weighted by Crippen LogP contribution is -2.37. The van der Waals surface area contributed by atoms with Crippen molar-refractivity contribution in [1.82, 2.24) is 14.4 Å². The molecule has 0 N–H and O–H groups in total. The molecule has 1 saturated heterocycles. The number of benzene rings is 4. The molecule has 0 saturated carbocycles. The lowest BCUT2D eigenvalue weighted by atomic mass is 9.93. The maximum Gasteiger partial charge on any atom is 0.416 e. The van der Waals surface area contributed by atoms with Crippen molar-refractivity contribution in [2.24, 2.45) is 5.92 Å². The van der Waals surface area contributed by atoms with Gasteiger partial charge in [-0.15, -0.1) is 0 Å². The van der Waals surface area contributed by atoms with Crippen molar-refractivity contribution in [1.29, 1.82) is 0 Å². The van der Waals surface area contributed by atoms with E-state index in [4.69, 9.17) is 0 Å². The zero-order valence-corrected chi connectivity index (χ0v) is 28.4. The number of carbonyl (C=O) groups excluding carboxylic acids is 1. The molecule has 10 heteroatoms. The summed E-state index contributed by atoms with van der Waals surface area (Å²) in [6.07, 6.45) is -1.13. The van der Waals surface area contributed by atoms with Crippen LogP contribution in [0.25, 0.3) is 22.0 Å². The molecule has 51 heavy (non-hydrogen) atoms. The maximum absolute atomic E-state index is 14.6. The van der Waals surface area contributed by atoms with Crippen molar-refractivity contribution in [3.63, 3.8) is 0 Å². The molecule has 0 radical (unpaired) electrons. The molecule has 0 bridgehead atoms. The van der Waals surface area contributed by atoms with E-state index in [2.05, 4.69) is 11.9 Å². The first-order valence-electron chi connectivity index (χ1n) is 17.2. The normalized spacial score (nSPS) is 14.2. The van der Waals surface area contributed by atoms with E-state index < -0.39 is 23.4 Å². The highest BCUT2D eigenvalue weighted by Gasteiger charge is 2.30. The van der Waals surface area contributed by atoms with Gasteiger partial charge < -0.3 is 14.4 Å². The van der Waals surface area contributed by atoms with Gasteiger partial charge in [-0.2, -0.15) is 13.2 Å². The van der Waals surface area contributed by atoms with Gasteiger partial charge in [0.2, 0.25) is 5.91 Å². The number of nitrogens with zero attached hydrogens (tertiary/aromatic N) is 3. The summed E-state index contributed by atoms with van der Waals surface area (Å²) in [6.45, 7) is 2.79. The molecule has 1 aliphatic rings. The summed E-state index contributed by atoms with van der Waals surface area (Å²) in [5.74, 6) is -1.54. The van der Waals surface area contributed by atoms with Crippen molar-refractivity contribution in [2.75, 3.05) is 26.7 Å². The quantitative estimate of drug-likeness (QED) is 0.130. The number of halogens is 5. The topological polar surface area (TPSA) is 45.5 Å². The summed E-state index contributed by atoms with van der Waals surface area (Å²) in [5, 5.41) is 0.461. The van der Waals surface area contributed by atoms with E-state index in [-0.39, 0.29) is 36.3 Å². The lowest BCUT2D eigenvalue weighted by Gasteiger charge is -2.31. The minimum absolute atomic E-state index is 0.0567. The maximum atomic E-state index is 14.6. The van der Waals surface area contributed by atoms with Crippen LogP contribution in [0.3, 0.4) is 0 Å². The highest BCUT2D eigenvalue weighted by Crippen LogP contribution is 2.31. The molecule has 5 nitrogen and oxygen atoms in total. The Morgan fingerprint density at radius 3 is 2.20 bits per heavy atom. The molecule has 1 aliphatic heterocycles.